The highest BCUT2D eigenvalue weighted by Gasteiger charge is 2.20. The second kappa shape index (κ2) is 4.31. The van der Waals surface area contributed by atoms with Crippen LogP contribution in [0, 0.1) is 0 Å². The van der Waals surface area contributed by atoms with Crippen molar-refractivity contribution in [3.8, 4) is 0 Å². The zero-order chi connectivity index (χ0) is 13.5. The summed E-state index contributed by atoms with van der Waals surface area (Å²) in [5.74, 6) is 0. The van der Waals surface area contributed by atoms with Crippen LogP contribution < -0.4 is 5.73 Å². The Morgan fingerprint density at radius 3 is 2.67 bits per heavy atom. The molecule has 18 heavy (non-hydrogen) atoms. The van der Waals surface area contributed by atoms with Gasteiger partial charge in [-0.3, -0.25) is 4.57 Å². The van der Waals surface area contributed by atoms with Crippen molar-refractivity contribution in [2.75, 3.05) is 5.73 Å². The lowest BCUT2D eigenvalue weighted by atomic mass is 10.2. The van der Waals surface area contributed by atoms with Gasteiger partial charge in [0.1, 0.15) is 5.60 Å². The maximum Gasteiger partial charge on any atom is 0.419 e. The van der Waals surface area contributed by atoms with Crippen LogP contribution in [0.15, 0.2) is 28.9 Å². The first-order valence-electron chi connectivity index (χ1n) is 5.57. The van der Waals surface area contributed by atoms with Gasteiger partial charge in [-0.1, -0.05) is 15.9 Å². The first-order chi connectivity index (χ1) is 8.28. The van der Waals surface area contributed by atoms with Crippen molar-refractivity contribution in [3.63, 3.8) is 0 Å². The van der Waals surface area contributed by atoms with E-state index < -0.39 is 11.7 Å². The smallest absolute Gasteiger partial charge is 0.419 e. The molecule has 0 fully saturated rings. The topological polar surface area (TPSA) is 57.2 Å². The van der Waals surface area contributed by atoms with E-state index in [1.807, 2.05) is 39.0 Å². The van der Waals surface area contributed by atoms with Crippen LogP contribution in [-0.4, -0.2) is 16.3 Å². The van der Waals surface area contributed by atoms with Crippen molar-refractivity contribution >= 4 is 38.6 Å². The zero-order valence-corrected chi connectivity index (χ0v) is 12.1. The molecular formula is C13H15BrN2O2. The SMILES string of the molecule is CC(C)(C)OC(=O)n1cc(N)c2ccc(Br)cc21. The van der Waals surface area contributed by atoms with Crippen LogP contribution in [0.1, 0.15) is 20.8 Å². The van der Waals surface area contributed by atoms with Gasteiger partial charge in [-0.05, 0) is 39.0 Å². The molecule has 0 aliphatic heterocycles. The summed E-state index contributed by atoms with van der Waals surface area (Å²) >= 11 is 3.38. The van der Waals surface area contributed by atoms with Crippen molar-refractivity contribution < 1.29 is 9.53 Å². The predicted molar refractivity (Wildman–Crippen MR) is 75.7 cm³/mol. The minimum atomic E-state index is -0.533. The lowest BCUT2D eigenvalue weighted by Gasteiger charge is -2.19. The third-order valence-electron chi connectivity index (χ3n) is 2.39. The molecule has 0 amide bonds. The van der Waals surface area contributed by atoms with Gasteiger partial charge in [0.05, 0.1) is 11.2 Å². The summed E-state index contributed by atoms with van der Waals surface area (Å²) < 4.78 is 7.66. The number of nitrogens with zero attached hydrogens (tertiary/aromatic N) is 1. The molecule has 2 rings (SSSR count). The van der Waals surface area contributed by atoms with Crippen molar-refractivity contribution in [3.05, 3.63) is 28.9 Å². The number of carbonyl (C=O) groups is 1. The normalized spacial score (nSPS) is 11.8. The van der Waals surface area contributed by atoms with Gasteiger partial charge in [-0.25, -0.2) is 4.79 Å². The summed E-state index contributed by atoms with van der Waals surface area (Å²) in [4.78, 5) is 12.1. The maximum absolute atomic E-state index is 12.1. The van der Waals surface area contributed by atoms with Crippen LogP contribution in [0.3, 0.4) is 0 Å². The number of rotatable bonds is 0. The molecule has 0 radical (unpaired) electrons. The van der Waals surface area contributed by atoms with Gasteiger partial charge in [0.15, 0.2) is 0 Å². The Morgan fingerprint density at radius 1 is 1.39 bits per heavy atom. The van der Waals surface area contributed by atoms with Crippen molar-refractivity contribution in [1.82, 2.24) is 4.57 Å². The first kappa shape index (κ1) is 13.0. The molecule has 1 aromatic heterocycles. The molecule has 1 heterocycles. The second-order valence-electron chi connectivity index (χ2n) is 5.10. The van der Waals surface area contributed by atoms with Crippen LogP contribution >= 0.6 is 15.9 Å². The number of aromatic nitrogens is 1. The van der Waals surface area contributed by atoms with Gasteiger partial charge in [0.2, 0.25) is 0 Å². The molecule has 0 atom stereocenters. The average molecular weight is 311 g/mol. The number of fused-ring (bicyclic) bond motifs is 1. The van der Waals surface area contributed by atoms with Gasteiger partial charge in [-0.2, -0.15) is 0 Å². The molecule has 4 nitrogen and oxygen atoms in total. The zero-order valence-electron chi connectivity index (χ0n) is 10.5. The van der Waals surface area contributed by atoms with Gasteiger partial charge in [-0.15, -0.1) is 0 Å². The van der Waals surface area contributed by atoms with Gasteiger partial charge in [0, 0.05) is 16.1 Å². The van der Waals surface area contributed by atoms with Crippen molar-refractivity contribution in [1.29, 1.82) is 0 Å². The molecule has 2 aromatic rings. The fourth-order valence-electron chi connectivity index (χ4n) is 1.69. The van der Waals surface area contributed by atoms with E-state index in [2.05, 4.69) is 15.9 Å². The van der Waals surface area contributed by atoms with Crippen LogP contribution in [0.2, 0.25) is 0 Å². The molecule has 1 aromatic carbocycles. The van der Waals surface area contributed by atoms with E-state index in [1.165, 1.54) is 4.57 Å². The van der Waals surface area contributed by atoms with Gasteiger partial charge >= 0.3 is 6.09 Å². The second-order valence-corrected chi connectivity index (χ2v) is 6.01. The lowest BCUT2D eigenvalue weighted by molar-refractivity contribution is 0.0544. The largest absolute Gasteiger partial charge is 0.443 e. The summed E-state index contributed by atoms with van der Waals surface area (Å²) in [6.07, 6.45) is 1.16. The van der Waals surface area contributed by atoms with E-state index in [1.54, 1.807) is 6.20 Å². The number of hydrogen-bond donors (Lipinski definition) is 1. The van der Waals surface area contributed by atoms with Crippen molar-refractivity contribution in [2.45, 2.75) is 26.4 Å². The number of hydrogen-bond acceptors (Lipinski definition) is 3. The fraction of sp³-hybridized carbons (Fsp3) is 0.308. The molecule has 0 aliphatic rings. The molecule has 0 aliphatic carbocycles. The number of carbonyl (C=O) groups excluding carboxylic acids is 1. The summed E-state index contributed by atoms with van der Waals surface area (Å²) in [5, 5.41) is 0.837. The third kappa shape index (κ3) is 2.51. The minimum absolute atomic E-state index is 0.428. The Balaban J connectivity index is 2.51. The molecule has 2 N–H and O–H groups in total. The fourth-order valence-corrected chi connectivity index (χ4v) is 2.04. The Kier molecular flexibility index (Phi) is 3.11. The Morgan fingerprint density at radius 2 is 2.06 bits per heavy atom. The first-order valence-corrected chi connectivity index (χ1v) is 6.37. The van der Waals surface area contributed by atoms with Gasteiger partial charge in [0.25, 0.3) is 0 Å². The molecule has 5 heteroatoms. The molecule has 0 saturated carbocycles. The van der Waals surface area contributed by atoms with Crippen molar-refractivity contribution in [2.24, 2.45) is 0 Å². The Labute approximate surface area is 114 Å². The Bertz CT molecular complexity index is 611. The summed E-state index contributed by atoms with van der Waals surface area (Å²) in [6, 6.07) is 5.60. The number of nitrogens with two attached hydrogens (primary N) is 1. The third-order valence-corrected chi connectivity index (χ3v) is 2.88. The van der Waals surface area contributed by atoms with E-state index in [0.717, 1.165) is 15.4 Å². The number of ether oxygens (including phenoxy) is 1. The van der Waals surface area contributed by atoms with E-state index in [0.29, 0.717) is 5.69 Å². The van der Waals surface area contributed by atoms with Crippen LogP contribution in [0.4, 0.5) is 10.5 Å². The number of nitrogen functional groups attached to an aromatic ring is 1. The van der Waals surface area contributed by atoms with E-state index in [9.17, 15) is 4.79 Å². The monoisotopic (exact) mass is 310 g/mol. The summed E-state index contributed by atoms with van der Waals surface area (Å²) in [7, 11) is 0. The highest BCUT2D eigenvalue weighted by atomic mass is 79.9. The lowest BCUT2D eigenvalue weighted by Crippen LogP contribution is -2.26. The van der Waals surface area contributed by atoms with E-state index in [4.69, 9.17) is 10.5 Å². The minimum Gasteiger partial charge on any atom is -0.443 e. The molecule has 96 valence electrons. The van der Waals surface area contributed by atoms with E-state index in [-0.39, 0.29) is 0 Å². The summed E-state index contributed by atoms with van der Waals surface area (Å²) in [5.41, 5.74) is 6.64. The highest BCUT2D eigenvalue weighted by Crippen LogP contribution is 2.27. The van der Waals surface area contributed by atoms with Crippen LogP contribution in [0.5, 0.6) is 0 Å². The molecule has 0 bridgehead atoms. The molecular weight excluding hydrogens is 296 g/mol. The maximum atomic E-state index is 12.1. The number of halogens is 1. The standard InChI is InChI=1S/C13H15BrN2O2/c1-13(2,3)18-12(17)16-7-10(15)9-5-4-8(14)6-11(9)16/h4-7H,15H2,1-3H3. The Hall–Kier alpha value is -1.49. The quantitative estimate of drug-likeness (QED) is 0.806. The average Bonchev–Trinajstić information content (AvgIpc) is 2.53. The van der Waals surface area contributed by atoms with Crippen LogP contribution in [-0.2, 0) is 4.74 Å². The predicted octanol–water partition coefficient (Wildman–Crippen LogP) is 3.77. The molecule has 0 spiro atoms. The highest BCUT2D eigenvalue weighted by molar-refractivity contribution is 9.10. The number of anilines is 1. The molecule has 0 unspecified atom stereocenters. The summed E-state index contributed by atoms with van der Waals surface area (Å²) in [6.45, 7) is 5.49. The molecule has 0 saturated heterocycles. The van der Waals surface area contributed by atoms with Gasteiger partial charge < -0.3 is 10.5 Å². The van der Waals surface area contributed by atoms with Crippen LogP contribution in [0.25, 0.3) is 10.9 Å². The number of benzene rings is 1. The van der Waals surface area contributed by atoms with E-state index >= 15 is 0 Å².